The number of benzene rings is 1. The zero-order valence-corrected chi connectivity index (χ0v) is 15.3. The summed E-state index contributed by atoms with van der Waals surface area (Å²) in [5.74, 6) is 1.73. The van der Waals surface area contributed by atoms with E-state index in [2.05, 4.69) is 39.9 Å². The van der Waals surface area contributed by atoms with Crippen LogP contribution in [0.3, 0.4) is 0 Å². The van der Waals surface area contributed by atoms with Gasteiger partial charge in [-0.1, -0.05) is 6.07 Å². The predicted molar refractivity (Wildman–Crippen MR) is 101 cm³/mol. The van der Waals surface area contributed by atoms with E-state index in [-0.39, 0.29) is 0 Å². The van der Waals surface area contributed by atoms with Gasteiger partial charge in [0, 0.05) is 25.6 Å². The second-order valence-electron chi connectivity index (χ2n) is 7.59. The maximum absolute atomic E-state index is 5.43. The highest BCUT2D eigenvalue weighted by molar-refractivity contribution is 5.75. The van der Waals surface area contributed by atoms with Crippen LogP contribution in [0.5, 0.6) is 0 Å². The van der Waals surface area contributed by atoms with Gasteiger partial charge in [-0.3, -0.25) is 4.90 Å². The Labute approximate surface area is 150 Å². The van der Waals surface area contributed by atoms with E-state index in [1.807, 2.05) is 0 Å². The molecule has 0 bridgehead atoms. The number of likely N-dealkylation sites (tertiary alicyclic amines) is 1. The molecule has 1 aromatic heterocycles. The summed E-state index contributed by atoms with van der Waals surface area (Å²) < 4.78 is 5.43. The van der Waals surface area contributed by atoms with E-state index in [4.69, 9.17) is 9.72 Å². The van der Waals surface area contributed by atoms with Gasteiger partial charge in [0.1, 0.15) is 5.82 Å². The molecule has 2 aromatic rings. The number of rotatable bonds is 5. The zero-order valence-electron chi connectivity index (χ0n) is 15.3. The van der Waals surface area contributed by atoms with Gasteiger partial charge >= 0.3 is 0 Å². The third kappa shape index (κ3) is 4.22. The first-order chi connectivity index (χ1) is 12.3. The van der Waals surface area contributed by atoms with Crippen molar-refractivity contribution in [3.63, 3.8) is 0 Å². The standard InChI is InChI=1S/C20H30N4O/c1-16-5-6-18-19(14-16)22-20(21-18)17-4-2-7-24(15-17)9-3-8-23-10-12-25-13-11-23/h5-6,14,17H,2-4,7-13,15H2,1H3,(H,21,22). The first kappa shape index (κ1) is 17.0. The summed E-state index contributed by atoms with van der Waals surface area (Å²) >= 11 is 0. The van der Waals surface area contributed by atoms with E-state index in [0.29, 0.717) is 5.92 Å². The fourth-order valence-electron chi connectivity index (χ4n) is 4.16. The molecule has 136 valence electrons. The van der Waals surface area contributed by atoms with Crippen molar-refractivity contribution in [1.82, 2.24) is 19.8 Å². The molecule has 2 aliphatic heterocycles. The van der Waals surface area contributed by atoms with Crippen LogP contribution >= 0.6 is 0 Å². The summed E-state index contributed by atoms with van der Waals surface area (Å²) in [6.07, 6.45) is 3.78. The Kier molecular flexibility index (Phi) is 5.34. The third-order valence-electron chi connectivity index (χ3n) is 5.60. The van der Waals surface area contributed by atoms with Gasteiger partial charge in [-0.05, 0) is 63.5 Å². The third-order valence-corrected chi connectivity index (χ3v) is 5.60. The number of aromatic nitrogens is 2. The number of hydrogen-bond donors (Lipinski definition) is 1. The number of fused-ring (bicyclic) bond motifs is 1. The second-order valence-corrected chi connectivity index (χ2v) is 7.59. The van der Waals surface area contributed by atoms with E-state index in [1.165, 1.54) is 55.8 Å². The van der Waals surface area contributed by atoms with E-state index < -0.39 is 0 Å². The van der Waals surface area contributed by atoms with Crippen LogP contribution in [0.15, 0.2) is 18.2 Å². The summed E-state index contributed by atoms with van der Waals surface area (Å²) in [6.45, 7) is 10.9. The van der Waals surface area contributed by atoms with E-state index >= 15 is 0 Å². The molecule has 0 aliphatic carbocycles. The van der Waals surface area contributed by atoms with Crippen molar-refractivity contribution in [1.29, 1.82) is 0 Å². The number of imidazole rings is 1. The van der Waals surface area contributed by atoms with Crippen molar-refractivity contribution in [2.24, 2.45) is 0 Å². The molecule has 1 unspecified atom stereocenters. The van der Waals surface area contributed by atoms with Crippen molar-refractivity contribution in [3.8, 4) is 0 Å². The highest BCUT2D eigenvalue weighted by Gasteiger charge is 2.23. The Hall–Kier alpha value is -1.43. The predicted octanol–water partition coefficient (Wildman–Crippen LogP) is 2.77. The highest BCUT2D eigenvalue weighted by atomic mass is 16.5. The molecule has 4 rings (SSSR count). The van der Waals surface area contributed by atoms with Crippen molar-refractivity contribution in [2.75, 3.05) is 52.5 Å². The average Bonchev–Trinajstić information content (AvgIpc) is 3.06. The first-order valence-electron chi connectivity index (χ1n) is 9.77. The summed E-state index contributed by atoms with van der Waals surface area (Å²) in [6, 6.07) is 6.48. The van der Waals surface area contributed by atoms with Crippen LogP contribution in [0.1, 0.15) is 36.6 Å². The van der Waals surface area contributed by atoms with E-state index in [1.54, 1.807) is 0 Å². The molecule has 0 saturated carbocycles. The minimum absolute atomic E-state index is 0.546. The smallest absolute Gasteiger partial charge is 0.111 e. The van der Waals surface area contributed by atoms with E-state index in [9.17, 15) is 0 Å². The molecule has 2 aliphatic rings. The van der Waals surface area contributed by atoms with Crippen LogP contribution in [0.2, 0.25) is 0 Å². The Bertz CT molecular complexity index is 692. The van der Waals surface area contributed by atoms with Gasteiger partial charge in [-0.25, -0.2) is 4.98 Å². The lowest BCUT2D eigenvalue weighted by Gasteiger charge is -2.33. The van der Waals surface area contributed by atoms with Crippen LogP contribution in [0.4, 0.5) is 0 Å². The Morgan fingerprint density at radius 3 is 2.88 bits per heavy atom. The number of nitrogens with zero attached hydrogens (tertiary/aromatic N) is 3. The number of H-pyrrole nitrogens is 1. The minimum Gasteiger partial charge on any atom is -0.379 e. The van der Waals surface area contributed by atoms with Gasteiger partial charge in [0.15, 0.2) is 0 Å². The molecular formula is C20H30N4O. The van der Waals surface area contributed by atoms with Crippen LogP contribution in [0.25, 0.3) is 11.0 Å². The van der Waals surface area contributed by atoms with Crippen LogP contribution < -0.4 is 0 Å². The molecule has 2 saturated heterocycles. The lowest BCUT2D eigenvalue weighted by Crippen LogP contribution is -2.40. The number of hydrogen-bond acceptors (Lipinski definition) is 4. The fourth-order valence-corrected chi connectivity index (χ4v) is 4.16. The molecule has 3 heterocycles. The Morgan fingerprint density at radius 2 is 2.00 bits per heavy atom. The highest BCUT2D eigenvalue weighted by Crippen LogP contribution is 2.27. The van der Waals surface area contributed by atoms with Crippen molar-refractivity contribution >= 4 is 11.0 Å². The molecule has 0 radical (unpaired) electrons. The molecule has 1 aromatic carbocycles. The number of aromatic amines is 1. The molecular weight excluding hydrogens is 312 g/mol. The van der Waals surface area contributed by atoms with Crippen LogP contribution in [0, 0.1) is 6.92 Å². The summed E-state index contributed by atoms with van der Waals surface area (Å²) in [4.78, 5) is 13.6. The van der Waals surface area contributed by atoms with Gasteiger partial charge < -0.3 is 14.6 Å². The van der Waals surface area contributed by atoms with Crippen molar-refractivity contribution in [2.45, 2.75) is 32.1 Å². The average molecular weight is 342 g/mol. The topological polar surface area (TPSA) is 44.4 Å². The van der Waals surface area contributed by atoms with Crippen LogP contribution in [-0.2, 0) is 4.74 Å². The number of piperidine rings is 1. The first-order valence-corrected chi connectivity index (χ1v) is 9.77. The molecule has 25 heavy (non-hydrogen) atoms. The summed E-state index contributed by atoms with van der Waals surface area (Å²) in [5.41, 5.74) is 3.57. The molecule has 2 fully saturated rings. The summed E-state index contributed by atoms with van der Waals surface area (Å²) in [5, 5.41) is 0. The van der Waals surface area contributed by atoms with Crippen LogP contribution in [-0.4, -0.2) is 72.3 Å². The molecule has 0 amide bonds. The monoisotopic (exact) mass is 342 g/mol. The van der Waals surface area contributed by atoms with Gasteiger partial charge in [0.25, 0.3) is 0 Å². The molecule has 1 N–H and O–H groups in total. The maximum Gasteiger partial charge on any atom is 0.111 e. The molecule has 5 heteroatoms. The molecule has 1 atom stereocenters. The number of morpholine rings is 1. The van der Waals surface area contributed by atoms with Gasteiger partial charge in [-0.2, -0.15) is 0 Å². The lowest BCUT2D eigenvalue weighted by atomic mass is 9.97. The van der Waals surface area contributed by atoms with Gasteiger partial charge in [0.2, 0.25) is 0 Å². The van der Waals surface area contributed by atoms with E-state index in [0.717, 1.165) is 38.4 Å². The second kappa shape index (κ2) is 7.85. The number of ether oxygens (including phenoxy) is 1. The summed E-state index contributed by atoms with van der Waals surface area (Å²) in [7, 11) is 0. The van der Waals surface area contributed by atoms with Gasteiger partial charge in [-0.15, -0.1) is 0 Å². The number of aryl methyl sites for hydroxylation is 1. The quantitative estimate of drug-likeness (QED) is 0.907. The normalized spacial score (nSPS) is 23.3. The fraction of sp³-hybridized carbons (Fsp3) is 0.650. The minimum atomic E-state index is 0.546. The van der Waals surface area contributed by atoms with Crippen molar-refractivity contribution in [3.05, 3.63) is 29.6 Å². The Balaban J connectivity index is 1.32. The molecule has 5 nitrogen and oxygen atoms in total. The maximum atomic E-state index is 5.43. The lowest BCUT2D eigenvalue weighted by molar-refractivity contribution is 0.0357. The van der Waals surface area contributed by atoms with Gasteiger partial charge in [0.05, 0.1) is 24.2 Å². The van der Waals surface area contributed by atoms with Crippen molar-refractivity contribution < 1.29 is 4.74 Å². The SMILES string of the molecule is Cc1ccc2nc(C3CCCN(CCCN4CCOCC4)C3)[nH]c2c1. The molecule has 0 spiro atoms. The zero-order chi connectivity index (χ0) is 17.1. The largest absolute Gasteiger partial charge is 0.379 e. The Morgan fingerprint density at radius 1 is 1.16 bits per heavy atom. The number of nitrogens with one attached hydrogen (secondary N) is 1.